The monoisotopic (exact) mass is 473 g/mol. The molecule has 10 heteroatoms. The van der Waals surface area contributed by atoms with Gasteiger partial charge in [0.25, 0.3) is 5.89 Å². The summed E-state index contributed by atoms with van der Waals surface area (Å²) in [6.07, 6.45) is 1.35. The largest absolute Gasteiger partial charge is 0.490 e. The van der Waals surface area contributed by atoms with Crippen molar-refractivity contribution in [3.8, 4) is 27.9 Å². The van der Waals surface area contributed by atoms with Crippen LogP contribution in [0.1, 0.15) is 40.2 Å². The van der Waals surface area contributed by atoms with Gasteiger partial charge in [0.2, 0.25) is 11.7 Å². The van der Waals surface area contributed by atoms with Crippen molar-refractivity contribution in [2.75, 3.05) is 19.8 Å². The minimum absolute atomic E-state index is 0.0114. The van der Waals surface area contributed by atoms with Gasteiger partial charge in [0.1, 0.15) is 25.1 Å². The fraction of sp³-hybridized carbons (Fsp3) is 0.391. The molecule has 0 bridgehead atoms. The molecule has 0 spiro atoms. The average Bonchev–Trinajstić information content (AvgIpc) is 3.48. The number of hydrogen-bond donors (Lipinski definition) is 3. The third kappa shape index (κ3) is 5.84. The third-order valence-corrected chi connectivity index (χ3v) is 6.15. The maximum atomic E-state index is 11.3. The molecular weight excluding hydrogens is 446 g/mol. The molecule has 0 saturated heterocycles. The molecule has 2 heterocycles. The van der Waals surface area contributed by atoms with Crippen molar-refractivity contribution in [3.63, 3.8) is 0 Å². The van der Waals surface area contributed by atoms with Crippen LogP contribution in [0.5, 0.6) is 5.75 Å². The molecular formula is C23H27N3O6S. The second kappa shape index (κ2) is 11.2. The number of rotatable bonds is 11. The molecule has 0 fully saturated rings. The van der Waals surface area contributed by atoms with Gasteiger partial charge in [0, 0.05) is 12.1 Å². The van der Waals surface area contributed by atoms with Gasteiger partial charge < -0.3 is 24.8 Å². The van der Waals surface area contributed by atoms with E-state index in [9.17, 15) is 14.7 Å². The molecule has 33 heavy (non-hydrogen) atoms. The molecule has 3 aromatic rings. The van der Waals surface area contributed by atoms with E-state index in [1.807, 2.05) is 39.0 Å². The van der Waals surface area contributed by atoms with Crippen LogP contribution in [0.3, 0.4) is 0 Å². The lowest BCUT2D eigenvalue weighted by molar-refractivity contribution is -0.124. The number of hydrogen-bond acceptors (Lipinski definition) is 9. The zero-order chi connectivity index (χ0) is 24.0. The standard InChI is InChI=1S/C23H27N3O6S/c1-4-14-8-18(33-19(14)10-27)23-25-22(26-32-23)16-6-13(3)21(15(5-2)7-16)31-12-17(29)9-24-20(30)11-28/h6-8,10,17,28-29H,4-5,9,11-12H2,1-3H3,(H,24,30). The Morgan fingerprint density at radius 2 is 2.03 bits per heavy atom. The highest BCUT2D eigenvalue weighted by molar-refractivity contribution is 7.17. The van der Waals surface area contributed by atoms with Gasteiger partial charge in [-0.1, -0.05) is 19.0 Å². The van der Waals surface area contributed by atoms with Crippen molar-refractivity contribution in [1.29, 1.82) is 0 Å². The number of nitrogens with zero attached hydrogens (tertiary/aromatic N) is 2. The predicted octanol–water partition coefficient (Wildman–Crippen LogP) is 2.56. The van der Waals surface area contributed by atoms with Crippen LogP contribution in [0.25, 0.3) is 22.2 Å². The first-order chi connectivity index (χ1) is 15.9. The molecule has 1 amide bonds. The van der Waals surface area contributed by atoms with Gasteiger partial charge in [-0.25, -0.2) is 0 Å². The van der Waals surface area contributed by atoms with Crippen LogP contribution in [0, 0.1) is 6.92 Å². The number of amides is 1. The van der Waals surface area contributed by atoms with Gasteiger partial charge in [-0.15, -0.1) is 11.3 Å². The van der Waals surface area contributed by atoms with Gasteiger partial charge >= 0.3 is 0 Å². The van der Waals surface area contributed by atoms with E-state index in [0.29, 0.717) is 28.8 Å². The Balaban J connectivity index is 1.78. The summed E-state index contributed by atoms with van der Waals surface area (Å²) in [7, 11) is 0. The number of carbonyl (C=O) groups is 2. The number of aliphatic hydroxyl groups excluding tert-OH is 2. The van der Waals surface area contributed by atoms with Crippen LogP contribution < -0.4 is 10.1 Å². The smallest absolute Gasteiger partial charge is 0.268 e. The highest BCUT2D eigenvalue weighted by Gasteiger charge is 2.18. The Morgan fingerprint density at radius 1 is 1.27 bits per heavy atom. The van der Waals surface area contributed by atoms with E-state index in [4.69, 9.17) is 14.4 Å². The molecule has 1 atom stereocenters. The van der Waals surface area contributed by atoms with Gasteiger partial charge in [0.15, 0.2) is 6.29 Å². The number of aliphatic hydroxyl groups is 2. The molecule has 0 aliphatic carbocycles. The number of benzene rings is 1. The van der Waals surface area contributed by atoms with Crippen molar-refractivity contribution in [3.05, 3.63) is 39.8 Å². The Labute approximate surface area is 195 Å². The van der Waals surface area contributed by atoms with Crippen molar-refractivity contribution in [2.24, 2.45) is 0 Å². The highest BCUT2D eigenvalue weighted by atomic mass is 32.1. The van der Waals surface area contributed by atoms with Crippen LogP contribution in [0.2, 0.25) is 0 Å². The molecule has 3 rings (SSSR count). The predicted molar refractivity (Wildman–Crippen MR) is 124 cm³/mol. The minimum Gasteiger partial charge on any atom is -0.490 e. The Bertz CT molecular complexity index is 1120. The van der Waals surface area contributed by atoms with E-state index in [1.54, 1.807) is 0 Å². The molecule has 9 nitrogen and oxygen atoms in total. The van der Waals surface area contributed by atoms with Crippen LogP contribution in [0.4, 0.5) is 0 Å². The molecule has 1 aromatic carbocycles. The van der Waals surface area contributed by atoms with Crippen LogP contribution in [0.15, 0.2) is 22.7 Å². The molecule has 0 radical (unpaired) electrons. The quantitative estimate of drug-likeness (QED) is 0.362. The van der Waals surface area contributed by atoms with E-state index in [0.717, 1.165) is 39.8 Å². The normalized spacial score (nSPS) is 11.9. The summed E-state index contributed by atoms with van der Waals surface area (Å²) in [4.78, 5) is 28.3. The summed E-state index contributed by atoms with van der Waals surface area (Å²) >= 11 is 1.33. The van der Waals surface area contributed by atoms with Crippen LogP contribution in [-0.4, -0.2) is 58.4 Å². The molecule has 3 N–H and O–H groups in total. The van der Waals surface area contributed by atoms with Crippen molar-refractivity contribution in [1.82, 2.24) is 15.5 Å². The number of nitrogens with one attached hydrogen (secondary N) is 1. The van der Waals surface area contributed by atoms with E-state index >= 15 is 0 Å². The van der Waals surface area contributed by atoms with Gasteiger partial charge in [-0.2, -0.15) is 4.98 Å². The topological polar surface area (TPSA) is 135 Å². The molecule has 0 aliphatic heterocycles. The number of carbonyl (C=O) groups excluding carboxylic acids is 2. The average molecular weight is 474 g/mol. The first kappa shape index (κ1) is 24.6. The summed E-state index contributed by atoms with van der Waals surface area (Å²) in [5.74, 6) is 0.889. The zero-order valence-electron chi connectivity index (χ0n) is 18.8. The lowest BCUT2D eigenvalue weighted by Crippen LogP contribution is -2.36. The van der Waals surface area contributed by atoms with E-state index < -0.39 is 18.6 Å². The van der Waals surface area contributed by atoms with Gasteiger partial charge in [-0.3, -0.25) is 9.59 Å². The van der Waals surface area contributed by atoms with Crippen LogP contribution in [-0.2, 0) is 17.6 Å². The second-order valence-corrected chi connectivity index (χ2v) is 8.54. The van der Waals surface area contributed by atoms with Gasteiger partial charge in [0.05, 0.1) is 9.75 Å². The Hall–Kier alpha value is -3.08. The summed E-state index contributed by atoms with van der Waals surface area (Å²) in [5, 5.41) is 25.3. The third-order valence-electron chi connectivity index (χ3n) is 5.06. The first-order valence-electron chi connectivity index (χ1n) is 10.6. The zero-order valence-corrected chi connectivity index (χ0v) is 19.6. The second-order valence-electron chi connectivity index (χ2n) is 7.46. The van der Waals surface area contributed by atoms with Gasteiger partial charge in [-0.05, 0) is 54.7 Å². The fourth-order valence-corrected chi connectivity index (χ4v) is 4.33. The minimum atomic E-state index is -0.917. The van der Waals surface area contributed by atoms with E-state index in [2.05, 4.69) is 15.5 Å². The summed E-state index contributed by atoms with van der Waals surface area (Å²) in [6.45, 7) is 5.21. The molecule has 2 aromatic heterocycles. The molecule has 176 valence electrons. The number of thiophene rings is 1. The Kier molecular flexibility index (Phi) is 8.32. The molecule has 1 unspecified atom stereocenters. The summed E-state index contributed by atoms with van der Waals surface area (Å²) in [6, 6.07) is 5.70. The van der Waals surface area contributed by atoms with E-state index in [1.165, 1.54) is 11.3 Å². The molecule has 0 aliphatic rings. The summed E-state index contributed by atoms with van der Waals surface area (Å²) in [5.41, 5.74) is 3.48. The first-order valence-corrected chi connectivity index (χ1v) is 11.5. The summed E-state index contributed by atoms with van der Waals surface area (Å²) < 4.78 is 11.3. The lowest BCUT2D eigenvalue weighted by Gasteiger charge is -2.17. The SMILES string of the molecule is CCc1cc(-c2nc(-c3cc(C)c(OCC(O)CNC(=O)CO)c(CC)c3)no2)sc1C=O. The van der Waals surface area contributed by atoms with Crippen molar-refractivity contribution in [2.45, 2.75) is 39.7 Å². The van der Waals surface area contributed by atoms with E-state index in [-0.39, 0.29) is 13.2 Å². The highest BCUT2D eigenvalue weighted by Crippen LogP contribution is 2.33. The Morgan fingerprint density at radius 3 is 2.67 bits per heavy atom. The fourth-order valence-electron chi connectivity index (χ4n) is 3.34. The van der Waals surface area contributed by atoms with Crippen molar-refractivity contribution >= 4 is 23.5 Å². The number of ether oxygens (including phenoxy) is 1. The van der Waals surface area contributed by atoms with Crippen LogP contribution >= 0.6 is 11.3 Å². The number of aromatic nitrogens is 2. The maximum absolute atomic E-state index is 11.3. The number of aldehydes is 1. The maximum Gasteiger partial charge on any atom is 0.268 e. The molecule has 0 saturated carbocycles. The number of aryl methyl sites for hydroxylation is 3. The van der Waals surface area contributed by atoms with Crippen molar-refractivity contribution < 1.29 is 29.1 Å². The lowest BCUT2D eigenvalue weighted by atomic mass is 10.0.